The summed E-state index contributed by atoms with van der Waals surface area (Å²) in [5, 5.41) is 9.51. The molecular formula is C18H28N4O3. The lowest BCUT2D eigenvalue weighted by Crippen LogP contribution is -2.58. The summed E-state index contributed by atoms with van der Waals surface area (Å²) in [6.45, 7) is 7.05. The summed E-state index contributed by atoms with van der Waals surface area (Å²) in [6, 6.07) is 2.12. The molecule has 3 rings (SSSR count). The number of morpholine rings is 1. The topological polar surface area (TPSA) is 76.9 Å². The third-order valence-electron chi connectivity index (χ3n) is 5.91. The van der Waals surface area contributed by atoms with Gasteiger partial charge < -0.3 is 14.5 Å². The van der Waals surface area contributed by atoms with E-state index in [9.17, 15) is 14.9 Å². The standard InChI is InChI=1S/C18H28N4O3/c1-15(16(23)21-10-12-25-13-11-21)20-6-8-22(9-7-20)17(24)18(14-19)4-2-3-5-18/h15H,2-13H2,1H3. The first-order valence-electron chi connectivity index (χ1n) is 9.39. The fourth-order valence-electron chi connectivity index (χ4n) is 4.17. The van der Waals surface area contributed by atoms with Crippen LogP contribution in [0.25, 0.3) is 0 Å². The van der Waals surface area contributed by atoms with Gasteiger partial charge in [0, 0.05) is 39.3 Å². The molecule has 2 saturated heterocycles. The molecule has 2 amide bonds. The molecule has 0 aromatic heterocycles. The van der Waals surface area contributed by atoms with E-state index in [1.165, 1.54) is 0 Å². The first-order valence-corrected chi connectivity index (χ1v) is 9.39. The second kappa shape index (κ2) is 7.71. The Hall–Kier alpha value is -1.65. The molecule has 0 spiro atoms. The predicted octanol–water partition coefficient (Wildman–Crippen LogP) is 0.462. The molecule has 0 aromatic carbocycles. The Balaban J connectivity index is 1.53. The van der Waals surface area contributed by atoms with Crippen LogP contribution in [0.5, 0.6) is 0 Å². The zero-order valence-corrected chi connectivity index (χ0v) is 15.1. The normalized spacial score (nSPS) is 25.4. The smallest absolute Gasteiger partial charge is 0.243 e. The number of rotatable bonds is 3. The molecular weight excluding hydrogens is 320 g/mol. The molecule has 3 fully saturated rings. The Morgan fingerprint density at radius 3 is 2.16 bits per heavy atom. The van der Waals surface area contributed by atoms with E-state index in [1.807, 2.05) is 16.7 Å². The van der Waals surface area contributed by atoms with Crippen LogP contribution in [-0.2, 0) is 14.3 Å². The van der Waals surface area contributed by atoms with E-state index in [0.29, 0.717) is 65.3 Å². The minimum absolute atomic E-state index is 0.000640. The molecule has 0 bridgehead atoms. The van der Waals surface area contributed by atoms with Gasteiger partial charge in [-0.2, -0.15) is 5.26 Å². The lowest BCUT2D eigenvalue weighted by atomic mass is 9.86. The first-order chi connectivity index (χ1) is 12.1. The summed E-state index contributed by atoms with van der Waals surface area (Å²) in [5.41, 5.74) is -0.794. The van der Waals surface area contributed by atoms with Crippen LogP contribution in [-0.4, -0.2) is 85.0 Å². The number of hydrogen-bond acceptors (Lipinski definition) is 5. The van der Waals surface area contributed by atoms with Crippen molar-refractivity contribution >= 4 is 11.8 Å². The summed E-state index contributed by atoms with van der Waals surface area (Å²) in [6.07, 6.45) is 3.30. The van der Waals surface area contributed by atoms with Gasteiger partial charge in [0.2, 0.25) is 11.8 Å². The van der Waals surface area contributed by atoms with E-state index in [1.54, 1.807) is 0 Å². The second-order valence-corrected chi connectivity index (χ2v) is 7.34. The van der Waals surface area contributed by atoms with Gasteiger partial charge in [0.05, 0.1) is 25.3 Å². The van der Waals surface area contributed by atoms with E-state index in [0.717, 1.165) is 12.8 Å². The van der Waals surface area contributed by atoms with Gasteiger partial charge in [-0.05, 0) is 19.8 Å². The van der Waals surface area contributed by atoms with Gasteiger partial charge in [-0.15, -0.1) is 0 Å². The highest BCUT2D eigenvalue weighted by Gasteiger charge is 2.44. The fraction of sp³-hybridized carbons (Fsp3) is 0.833. The van der Waals surface area contributed by atoms with Crippen LogP contribution in [0, 0.1) is 16.7 Å². The van der Waals surface area contributed by atoms with Crippen LogP contribution >= 0.6 is 0 Å². The third-order valence-corrected chi connectivity index (χ3v) is 5.91. The lowest BCUT2D eigenvalue weighted by molar-refractivity contribution is -0.144. The minimum Gasteiger partial charge on any atom is -0.378 e. The summed E-state index contributed by atoms with van der Waals surface area (Å²) in [5.74, 6) is 0.145. The van der Waals surface area contributed by atoms with Crippen molar-refractivity contribution in [3.05, 3.63) is 0 Å². The molecule has 25 heavy (non-hydrogen) atoms. The van der Waals surface area contributed by atoms with Gasteiger partial charge >= 0.3 is 0 Å². The number of nitriles is 1. The average molecular weight is 348 g/mol. The van der Waals surface area contributed by atoms with E-state index >= 15 is 0 Å². The Bertz CT molecular complexity index is 539. The molecule has 7 heteroatoms. The molecule has 1 aliphatic carbocycles. The van der Waals surface area contributed by atoms with Crippen molar-refractivity contribution < 1.29 is 14.3 Å². The maximum Gasteiger partial charge on any atom is 0.243 e. The largest absolute Gasteiger partial charge is 0.378 e. The Kier molecular flexibility index (Phi) is 5.60. The quantitative estimate of drug-likeness (QED) is 0.741. The van der Waals surface area contributed by atoms with Crippen molar-refractivity contribution in [1.82, 2.24) is 14.7 Å². The fourth-order valence-corrected chi connectivity index (χ4v) is 4.17. The molecule has 3 aliphatic rings. The maximum atomic E-state index is 12.8. The Morgan fingerprint density at radius 2 is 1.60 bits per heavy atom. The predicted molar refractivity (Wildman–Crippen MR) is 91.5 cm³/mol. The number of nitrogens with zero attached hydrogens (tertiary/aromatic N) is 4. The van der Waals surface area contributed by atoms with Gasteiger partial charge in [0.25, 0.3) is 0 Å². The van der Waals surface area contributed by atoms with Crippen molar-refractivity contribution in [3.63, 3.8) is 0 Å². The van der Waals surface area contributed by atoms with Gasteiger partial charge in [0.1, 0.15) is 5.41 Å². The molecule has 1 unspecified atom stereocenters. The Morgan fingerprint density at radius 1 is 1.00 bits per heavy atom. The molecule has 7 nitrogen and oxygen atoms in total. The highest BCUT2D eigenvalue weighted by molar-refractivity contribution is 5.86. The summed E-state index contributed by atoms with van der Waals surface area (Å²) in [4.78, 5) is 31.3. The van der Waals surface area contributed by atoms with Gasteiger partial charge in [-0.25, -0.2) is 0 Å². The zero-order chi connectivity index (χ0) is 17.9. The highest BCUT2D eigenvalue weighted by atomic mass is 16.5. The summed E-state index contributed by atoms with van der Waals surface area (Å²) < 4.78 is 5.31. The third kappa shape index (κ3) is 3.65. The molecule has 2 heterocycles. The Labute approximate surface area is 149 Å². The van der Waals surface area contributed by atoms with Crippen molar-refractivity contribution in [3.8, 4) is 6.07 Å². The van der Waals surface area contributed by atoms with E-state index < -0.39 is 5.41 Å². The first kappa shape index (κ1) is 18.2. The number of carbonyl (C=O) groups excluding carboxylic acids is 2. The molecule has 0 N–H and O–H groups in total. The molecule has 1 atom stereocenters. The number of hydrogen-bond donors (Lipinski definition) is 0. The van der Waals surface area contributed by atoms with Crippen LogP contribution < -0.4 is 0 Å². The van der Waals surface area contributed by atoms with Crippen molar-refractivity contribution in [1.29, 1.82) is 5.26 Å². The van der Waals surface area contributed by atoms with Gasteiger partial charge in [-0.1, -0.05) is 12.8 Å². The zero-order valence-electron chi connectivity index (χ0n) is 15.1. The monoisotopic (exact) mass is 348 g/mol. The SMILES string of the molecule is CC(C(=O)N1CCOCC1)N1CCN(C(=O)C2(C#N)CCCC2)CC1. The molecule has 0 aromatic rings. The summed E-state index contributed by atoms with van der Waals surface area (Å²) in [7, 11) is 0. The second-order valence-electron chi connectivity index (χ2n) is 7.34. The molecule has 0 radical (unpaired) electrons. The van der Waals surface area contributed by atoms with Crippen molar-refractivity contribution in [2.45, 2.75) is 38.6 Å². The molecule has 1 saturated carbocycles. The van der Waals surface area contributed by atoms with E-state index in [-0.39, 0.29) is 17.9 Å². The molecule has 138 valence electrons. The average Bonchev–Trinajstić information content (AvgIpc) is 3.17. The maximum absolute atomic E-state index is 12.8. The minimum atomic E-state index is -0.794. The van der Waals surface area contributed by atoms with E-state index in [4.69, 9.17) is 4.74 Å². The molecule has 2 aliphatic heterocycles. The highest BCUT2D eigenvalue weighted by Crippen LogP contribution is 2.39. The van der Waals surface area contributed by atoms with Crippen LogP contribution in [0.2, 0.25) is 0 Å². The number of piperazine rings is 1. The van der Waals surface area contributed by atoms with E-state index in [2.05, 4.69) is 11.0 Å². The van der Waals surface area contributed by atoms with Gasteiger partial charge in [-0.3, -0.25) is 14.5 Å². The van der Waals surface area contributed by atoms with Crippen molar-refractivity contribution in [2.24, 2.45) is 5.41 Å². The van der Waals surface area contributed by atoms with Crippen LogP contribution in [0.1, 0.15) is 32.6 Å². The number of carbonyl (C=O) groups is 2. The van der Waals surface area contributed by atoms with Crippen LogP contribution in [0.15, 0.2) is 0 Å². The summed E-state index contributed by atoms with van der Waals surface area (Å²) >= 11 is 0. The number of ether oxygens (including phenoxy) is 1. The van der Waals surface area contributed by atoms with Gasteiger partial charge in [0.15, 0.2) is 0 Å². The van der Waals surface area contributed by atoms with Crippen molar-refractivity contribution in [2.75, 3.05) is 52.5 Å². The lowest BCUT2D eigenvalue weighted by Gasteiger charge is -2.41. The van der Waals surface area contributed by atoms with Crippen LogP contribution in [0.4, 0.5) is 0 Å². The number of amides is 2. The van der Waals surface area contributed by atoms with Crippen LogP contribution in [0.3, 0.4) is 0 Å².